The second kappa shape index (κ2) is 4.77. The maximum atomic E-state index is 12.0. The molecule has 1 aromatic heterocycles. The molecule has 2 aromatic carbocycles. The van der Waals surface area contributed by atoms with Crippen LogP contribution in [-0.2, 0) is 0 Å². The van der Waals surface area contributed by atoms with Crippen LogP contribution in [0.15, 0.2) is 65.5 Å². The highest BCUT2D eigenvalue weighted by atomic mass is 16.7. The van der Waals surface area contributed by atoms with E-state index in [0.29, 0.717) is 11.4 Å². The first-order valence-corrected chi connectivity index (χ1v) is 5.68. The smallest absolute Gasteiger partial charge is 0.352 e. The SMILES string of the molecule is O=c1n(Oc2ccccc2)nnn1-c1ccccc1. The van der Waals surface area contributed by atoms with E-state index in [-0.39, 0.29) is 0 Å². The lowest BCUT2D eigenvalue weighted by Gasteiger charge is -2.00. The Labute approximate surface area is 108 Å². The van der Waals surface area contributed by atoms with E-state index in [0.717, 1.165) is 4.85 Å². The van der Waals surface area contributed by atoms with Crippen LogP contribution in [0.4, 0.5) is 0 Å². The summed E-state index contributed by atoms with van der Waals surface area (Å²) >= 11 is 0. The molecule has 6 nitrogen and oxygen atoms in total. The normalized spacial score (nSPS) is 10.3. The standard InChI is InChI=1S/C13H10N4O2/c18-13-16(11-7-3-1-4-8-11)14-15-17(13)19-12-9-5-2-6-10-12/h1-10H. The summed E-state index contributed by atoms with van der Waals surface area (Å²) < 4.78 is 1.17. The van der Waals surface area contributed by atoms with Crippen molar-refractivity contribution in [3.8, 4) is 11.4 Å². The van der Waals surface area contributed by atoms with Gasteiger partial charge in [0.1, 0.15) is 0 Å². The lowest BCUT2D eigenvalue weighted by Crippen LogP contribution is -2.27. The van der Waals surface area contributed by atoms with E-state index in [1.165, 1.54) is 4.68 Å². The molecule has 0 amide bonds. The predicted octanol–water partition coefficient (Wildman–Crippen LogP) is 1.27. The van der Waals surface area contributed by atoms with Gasteiger partial charge in [0.2, 0.25) is 0 Å². The van der Waals surface area contributed by atoms with Gasteiger partial charge in [-0.25, -0.2) is 4.79 Å². The zero-order valence-electron chi connectivity index (χ0n) is 9.88. The fourth-order valence-electron chi connectivity index (χ4n) is 1.60. The maximum Gasteiger partial charge on any atom is 0.403 e. The van der Waals surface area contributed by atoms with Gasteiger partial charge < -0.3 is 4.84 Å². The van der Waals surface area contributed by atoms with Crippen LogP contribution >= 0.6 is 0 Å². The van der Waals surface area contributed by atoms with Crippen molar-refractivity contribution in [2.24, 2.45) is 0 Å². The van der Waals surface area contributed by atoms with E-state index >= 15 is 0 Å². The third-order valence-electron chi connectivity index (χ3n) is 2.49. The zero-order valence-corrected chi connectivity index (χ0v) is 9.88. The Bertz CT molecular complexity index is 719. The van der Waals surface area contributed by atoms with Crippen LogP contribution in [0.25, 0.3) is 5.69 Å². The van der Waals surface area contributed by atoms with Gasteiger partial charge >= 0.3 is 5.69 Å². The molecule has 0 saturated heterocycles. The number of tetrazole rings is 1. The first-order valence-electron chi connectivity index (χ1n) is 5.68. The number of rotatable bonds is 3. The summed E-state index contributed by atoms with van der Waals surface area (Å²) in [6.45, 7) is 0. The van der Waals surface area contributed by atoms with Crippen LogP contribution in [0.2, 0.25) is 0 Å². The van der Waals surface area contributed by atoms with Crippen molar-refractivity contribution in [2.45, 2.75) is 0 Å². The van der Waals surface area contributed by atoms with Crippen molar-refractivity contribution in [1.82, 2.24) is 20.0 Å². The summed E-state index contributed by atoms with van der Waals surface area (Å²) in [6.07, 6.45) is 0. The Hall–Kier alpha value is -2.89. The first kappa shape index (κ1) is 11.2. The summed E-state index contributed by atoms with van der Waals surface area (Å²) in [5.74, 6) is 0.518. The number of hydrogen-bond donors (Lipinski definition) is 0. The van der Waals surface area contributed by atoms with Crippen molar-refractivity contribution >= 4 is 0 Å². The summed E-state index contributed by atoms with van der Waals surface area (Å²) in [5.41, 5.74) is 0.172. The summed E-state index contributed by atoms with van der Waals surface area (Å²) in [5, 5.41) is 7.46. The molecule has 0 aliphatic rings. The van der Waals surface area contributed by atoms with Crippen LogP contribution in [0.5, 0.6) is 5.75 Å². The average molecular weight is 254 g/mol. The van der Waals surface area contributed by atoms with Crippen molar-refractivity contribution in [3.05, 3.63) is 71.1 Å². The molecule has 0 N–H and O–H groups in total. The molecular formula is C13H10N4O2. The van der Waals surface area contributed by atoms with Gasteiger partial charge in [0, 0.05) is 0 Å². The third kappa shape index (κ3) is 2.23. The van der Waals surface area contributed by atoms with Crippen molar-refractivity contribution in [1.29, 1.82) is 0 Å². The van der Waals surface area contributed by atoms with Crippen LogP contribution in [0.3, 0.4) is 0 Å². The van der Waals surface area contributed by atoms with E-state index in [1.54, 1.807) is 24.3 Å². The van der Waals surface area contributed by atoms with Gasteiger partial charge in [0.25, 0.3) is 0 Å². The Morgan fingerprint density at radius 3 is 2.16 bits per heavy atom. The van der Waals surface area contributed by atoms with Gasteiger partial charge in [-0.05, 0) is 39.5 Å². The zero-order chi connectivity index (χ0) is 13.1. The van der Waals surface area contributed by atoms with Crippen LogP contribution in [0.1, 0.15) is 0 Å². The molecular weight excluding hydrogens is 244 g/mol. The number of nitrogens with zero attached hydrogens (tertiary/aromatic N) is 4. The maximum absolute atomic E-state index is 12.0. The van der Waals surface area contributed by atoms with Gasteiger partial charge in [-0.2, -0.15) is 4.68 Å². The number of para-hydroxylation sites is 2. The second-order valence-electron chi connectivity index (χ2n) is 3.79. The lowest BCUT2D eigenvalue weighted by atomic mass is 10.3. The van der Waals surface area contributed by atoms with E-state index in [2.05, 4.69) is 10.4 Å². The third-order valence-corrected chi connectivity index (χ3v) is 2.49. The van der Waals surface area contributed by atoms with E-state index in [9.17, 15) is 4.79 Å². The minimum Gasteiger partial charge on any atom is -0.352 e. The summed E-state index contributed by atoms with van der Waals surface area (Å²) in [4.78, 5) is 18.2. The fraction of sp³-hybridized carbons (Fsp3) is 0. The molecule has 0 fully saturated rings. The quantitative estimate of drug-likeness (QED) is 0.706. The Kier molecular flexibility index (Phi) is 2.82. The van der Waals surface area contributed by atoms with Gasteiger partial charge in [-0.1, -0.05) is 36.4 Å². The molecule has 0 atom stereocenters. The monoisotopic (exact) mass is 254 g/mol. The molecule has 6 heteroatoms. The van der Waals surface area contributed by atoms with Gasteiger partial charge in [0.05, 0.1) is 5.69 Å². The highest BCUT2D eigenvalue weighted by molar-refractivity contribution is 5.28. The highest BCUT2D eigenvalue weighted by Gasteiger charge is 2.09. The van der Waals surface area contributed by atoms with E-state index < -0.39 is 5.69 Å². The minimum atomic E-state index is -0.463. The highest BCUT2D eigenvalue weighted by Crippen LogP contribution is 2.07. The summed E-state index contributed by atoms with van der Waals surface area (Å²) in [6, 6.07) is 18.0. The Morgan fingerprint density at radius 2 is 1.47 bits per heavy atom. The first-order chi connectivity index (χ1) is 9.34. The molecule has 1 heterocycles. The molecule has 0 aliphatic heterocycles. The number of benzene rings is 2. The van der Waals surface area contributed by atoms with Gasteiger partial charge in [-0.3, -0.25) is 0 Å². The van der Waals surface area contributed by atoms with Crippen molar-refractivity contribution in [3.63, 3.8) is 0 Å². The molecule has 0 radical (unpaired) electrons. The van der Waals surface area contributed by atoms with Crippen molar-refractivity contribution in [2.75, 3.05) is 0 Å². The van der Waals surface area contributed by atoms with Crippen LogP contribution < -0.4 is 10.5 Å². The van der Waals surface area contributed by atoms with Crippen LogP contribution in [0, 0.1) is 0 Å². The predicted molar refractivity (Wildman–Crippen MR) is 68.1 cm³/mol. The van der Waals surface area contributed by atoms with Gasteiger partial charge in [-0.15, -0.1) is 0 Å². The Balaban J connectivity index is 1.94. The van der Waals surface area contributed by atoms with Gasteiger partial charge in [0.15, 0.2) is 5.75 Å². The average Bonchev–Trinajstić information content (AvgIpc) is 2.82. The fourth-order valence-corrected chi connectivity index (χ4v) is 1.60. The lowest BCUT2D eigenvalue weighted by molar-refractivity contribution is 0.163. The van der Waals surface area contributed by atoms with Crippen molar-refractivity contribution < 1.29 is 4.84 Å². The second-order valence-corrected chi connectivity index (χ2v) is 3.79. The molecule has 0 bridgehead atoms. The van der Waals surface area contributed by atoms with E-state index in [4.69, 9.17) is 4.84 Å². The molecule has 0 spiro atoms. The molecule has 19 heavy (non-hydrogen) atoms. The molecule has 3 aromatic rings. The molecule has 3 rings (SSSR count). The summed E-state index contributed by atoms with van der Waals surface area (Å²) in [7, 11) is 0. The molecule has 94 valence electrons. The number of hydrogen-bond acceptors (Lipinski definition) is 4. The topological polar surface area (TPSA) is 61.9 Å². The molecule has 0 saturated carbocycles. The molecule has 0 unspecified atom stereocenters. The minimum absolute atomic E-state index is 0.463. The largest absolute Gasteiger partial charge is 0.403 e. The van der Waals surface area contributed by atoms with Crippen LogP contribution in [-0.4, -0.2) is 20.0 Å². The number of aromatic nitrogens is 4. The molecule has 0 aliphatic carbocycles. The Morgan fingerprint density at radius 1 is 0.842 bits per heavy atom. The van der Waals surface area contributed by atoms with E-state index in [1.807, 2.05) is 36.4 Å².